The summed E-state index contributed by atoms with van der Waals surface area (Å²) in [6.45, 7) is 22.3. The van der Waals surface area contributed by atoms with Gasteiger partial charge in [-0.1, -0.05) is 122 Å². The summed E-state index contributed by atoms with van der Waals surface area (Å²) in [6, 6.07) is 45.7. The quantitative estimate of drug-likeness (QED) is 0.160. The molecule has 1 aliphatic heterocycles. The number of pyridine rings is 1. The molecule has 0 amide bonds. The second-order valence-corrected chi connectivity index (χ2v) is 18.7. The van der Waals surface area contributed by atoms with Gasteiger partial charge in [0.05, 0.1) is 11.6 Å². The van der Waals surface area contributed by atoms with Gasteiger partial charge in [0.15, 0.2) is 0 Å². The van der Waals surface area contributed by atoms with E-state index in [1.807, 2.05) is 12.3 Å². The average Bonchev–Trinajstić information content (AvgIpc) is 3.73. The summed E-state index contributed by atoms with van der Waals surface area (Å²) in [5, 5.41) is 2.22. The average molecular weight is 968 g/mol. The molecule has 0 N–H and O–H groups in total. The molecule has 0 radical (unpaired) electrons. The van der Waals surface area contributed by atoms with E-state index in [2.05, 4.69) is 206 Å². The van der Waals surface area contributed by atoms with E-state index >= 15 is 0 Å². The van der Waals surface area contributed by atoms with Crippen molar-refractivity contribution in [3.8, 4) is 40.0 Å². The number of aromatic nitrogens is 5. The van der Waals surface area contributed by atoms with Gasteiger partial charge in [-0.2, -0.15) is 6.67 Å². The molecule has 8 aromatic rings. The second-order valence-electron chi connectivity index (χ2n) is 18.7. The Morgan fingerprint density at radius 3 is 1.87 bits per heavy atom. The Kier molecular flexibility index (Phi) is 10.4. The predicted octanol–water partition coefficient (Wildman–Crippen LogP) is 12.6. The number of hydrogen-bond donors (Lipinski definition) is 0. The number of nitrogens with zero attached hydrogens (tertiary/aromatic N) is 7. The number of para-hydroxylation sites is 3. The van der Waals surface area contributed by atoms with Crippen molar-refractivity contribution in [2.75, 3.05) is 16.8 Å². The van der Waals surface area contributed by atoms with Crippen LogP contribution in [0.1, 0.15) is 79.0 Å². The third-order valence-electron chi connectivity index (χ3n) is 11.3. The zero-order chi connectivity index (χ0) is 41.4. The largest absolute Gasteiger partial charge is 0.504 e. The third-order valence-corrected chi connectivity index (χ3v) is 11.3. The van der Waals surface area contributed by atoms with Crippen LogP contribution in [0.15, 0.2) is 115 Å². The summed E-state index contributed by atoms with van der Waals surface area (Å²) in [5.74, 6) is 2.57. The van der Waals surface area contributed by atoms with Crippen LogP contribution < -0.4 is 9.80 Å². The minimum absolute atomic E-state index is 0. The van der Waals surface area contributed by atoms with Crippen LogP contribution in [0.5, 0.6) is 0 Å². The van der Waals surface area contributed by atoms with Crippen molar-refractivity contribution < 1.29 is 21.1 Å². The SMILES string of the molecule is CN1[CH-]N(c2[c-]c(-c3nc(-c4[c-]c5c(cc4)c4ccccc4n5-c4cc(C(C)(C)C)ccn4)nc(-c4c(C(C)(C)C)cccc4C(C)(C)C)n3)ccc2)c2ccccc21.[Pt]. The van der Waals surface area contributed by atoms with Crippen molar-refractivity contribution in [2.24, 2.45) is 0 Å². The van der Waals surface area contributed by atoms with Gasteiger partial charge in [0.1, 0.15) is 11.6 Å². The molecule has 7 nitrogen and oxygen atoms in total. The molecule has 0 spiro atoms. The first-order valence-corrected chi connectivity index (χ1v) is 20.4. The van der Waals surface area contributed by atoms with Crippen molar-refractivity contribution >= 4 is 38.9 Å². The molecule has 0 aliphatic carbocycles. The van der Waals surface area contributed by atoms with E-state index in [0.29, 0.717) is 17.5 Å². The first kappa shape index (κ1) is 41.1. The normalized spacial score (nSPS) is 13.2. The summed E-state index contributed by atoms with van der Waals surface area (Å²) in [7, 11) is 2.07. The van der Waals surface area contributed by atoms with Crippen LogP contribution >= 0.6 is 0 Å². The zero-order valence-corrected chi connectivity index (χ0v) is 38.3. The Balaban J connectivity index is 0.00000499. The van der Waals surface area contributed by atoms with Crippen molar-refractivity contribution in [2.45, 2.75) is 78.6 Å². The molecule has 8 heteroatoms. The van der Waals surface area contributed by atoms with Crippen LogP contribution in [0, 0.1) is 18.8 Å². The van der Waals surface area contributed by atoms with Crippen LogP contribution in [0.2, 0.25) is 0 Å². The molecule has 306 valence electrons. The Hall–Kier alpha value is -5.65. The molecule has 0 atom stereocenters. The van der Waals surface area contributed by atoms with Crippen molar-refractivity contribution in [1.82, 2.24) is 24.5 Å². The summed E-state index contributed by atoms with van der Waals surface area (Å²) >= 11 is 0. The van der Waals surface area contributed by atoms with Gasteiger partial charge in [-0.15, -0.1) is 53.6 Å². The van der Waals surface area contributed by atoms with E-state index in [4.69, 9.17) is 19.9 Å². The zero-order valence-electron chi connectivity index (χ0n) is 36.0. The summed E-state index contributed by atoms with van der Waals surface area (Å²) in [6.07, 6.45) is 1.91. The van der Waals surface area contributed by atoms with Gasteiger partial charge < -0.3 is 19.4 Å². The molecule has 60 heavy (non-hydrogen) atoms. The smallest absolute Gasteiger partial charge is 0.144 e. The minimum Gasteiger partial charge on any atom is -0.504 e. The molecule has 0 fully saturated rings. The van der Waals surface area contributed by atoms with Gasteiger partial charge in [-0.05, 0) is 81.2 Å². The fourth-order valence-corrected chi connectivity index (χ4v) is 8.22. The maximum atomic E-state index is 5.38. The molecule has 3 aromatic heterocycles. The van der Waals surface area contributed by atoms with Crippen LogP contribution in [0.25, 0.3) is 61.8 Å². The van der Waals surface area contributed by atoms with Crippen LogP contribution in [-0.4, -0.2) is 31.6 Å². The Morgan fingerprint density at radius 1 is 0.567 bits per heavy atom. The maximum Gasteiger partial charge on any atom is 0.144 e. The molecule has 5 aromatic carbocycles. The second kappa shape index (κ2) is 15.1. The van der Waals surface area contributed by atoms with Gasteiger partial charge in [0.25, 0.3) is 0 Å². The fourth-order valence-electron chi connectivity index (χ4n) is 8.22. The fraction of sp³-hybridized carbons (Fsp3) is 0.250. The number of hydrogen-bond acceptors (Lipinski definition) is 6. The van der Waals surface area contributed by atoms with Gasteiger partial charge in [-0.3, -0.25) is 9.97 Å². The predicted molar refractivity (Wildman–Crippen MR) is 243 cm³/mol. The van der Waals surface area contributed by atoms with Gasteiger partial charge in [0.2, 0.25) is 0 Å². The first-order chi connectivity index (χ1) is 28.1. The molecule has 0 bridgehead atoms. The molecule has 0 saturated carbocycles. The van der Waals surface area contributed by atoms with E-state index in [0.717, 1.165) is 61.4 Å². The number of benzene rings is 5. The van der Waals surface area contributed by atoms with E-state index in [9.17, 15) is 0 Å². The monoisotopic (exact) mass is 967 g/mol. The topological polar surface area (TPSA) is 63.0 Å². The first-order valence-electron chi connectivity index (χ1n) is 20.4. The van der Waals surface area contributed by atoms with Crippen molar-refractivity contribution in [3.05, 3.63) is 151 Å². The Labute approximate surface area is 368 Å². The van der Waals surface area contributed by atoms with E-state index in [-0.39, 0.29) is 37.3 Å². The summed E-state index contributed by atoms with van der Waals surface area (Å²) in [4.78, 5) is 25.2. The molecule has 4 heterocycles. The molecule has 0 saturated heterocycles. The third kappa shape index (κ3) is 7.32. The minimum atomic E-state index is -0.179. The maximum absolute atomic E-state index is 5.38. The molecule has 0 unspecified atom stereocenters. The molecule has 9 rings (SSSR count). The standard InChI is InChI=1S/C52H50N7.Pt/c1-50(2,3)35-27-28-53-45(31-35)59-41-22-12-11-19-37(41)38-26-25-34(30-44(38)59)48-54-47(33-17-15-18-36(29-33)58-32-57(10)42-23-13-14-24-43(42)58)55-49(56-48)46-39(51(4,5)6)20-16-21-40(46)52(7,8)9;/h11-28,31-32H,1-10H3;/q-3;. The van der Waals surface area contributed by atoms with Gasteiger partial charge >= 0.3 is 0 Å². The Morgan fingerprint density at radius 2 is 1.18 bits per heavy atom. The number of anilines is 3. The van der Waals surface area contributed by atoms with Gasteiger partial charge in [-0.25, -0.2) is 4.98 Å². The van der Waals surface area contributed by atoms with Crippen molar-refractivity contribution in [1.29, 1.82) is 0 Å². The van der Waals surface area contributed by atoms with Crippen LogP contribution in [0.4, 0.5) is 17.1 Å². The molecular formula is C52H50N7Pt-3. The van der Waals surface area contributed by atoms with E-state index in [1.165, 1.54) is 16.7 Å². The number of fused-ring (bicyclic) bond motifs is 4. The Bertz CT molecular complexity index is 2880. The summed E-state index contributed by atoms with van der Waals surface area (Å²) in [5.41, 5.74) is 10.9. The van der Waals surface area contributed by atoms with Crippen LogP contribution in [-0.2, 0) is 37.3 Å². The summed E-state index contributed by atoms with van der Waals surface area (Å²) < 4.78 is 2.22. The van der Waals surface area contributed by atoms with E-state index < -0.39 is 0 Å². The molecular weight excluding hydrogens is 918 g/mol. The molecule has 1 aliphatic rings. The van der Waals surface area contributed by atoms with Gasteiger partial charge in [0, 0.05) is 49.7 Å². The van der Waals surface area contributed by atoms with Crippen molar-refractivity contribution in [3.63, 3.8) is 0 Å². The van der Waals surface area contributed by atoms with Crippen LogP contribution in [0.3, 0.4) is 0 Å². The van der Waals surface area contributed by atoms with E-state index in [1.54, 1.807) is 0 Å². The number of rotatable bonds is 5.